The van der Waals surface area contributed by atoms with Gasteiger partial charge in [-0.1, -0.05) is 42.5 Å². The lowest BCUT2D eigenvalue weighted by molar-refractivity contribution is -0.113. The lowest BCUT2D eigenvalue weighted by Gasteiger charge is -2.23. The number of benzene rings is 3. The van der Waals surface area contributed by atoms with Crippen molar-refractivity contribution in [2.75, 3.05) is 37.2 Å². The fourth-order valence-electron chi connectivity index (χ4n) is 5.35. The standard InChI is InChI=1S/C34H34N2O6S2/c1-4-42-34(39)30-25-17-16-22(21-10-6-5-7-11-21)18-28(25)44-33(30)36-29(37)20-43-24-13-8-12-23(19-24)35-32(38)31-26(40-2)14-9-15-27(31)41-3/h5-15,19,22H,4,16-18,20H2,1-3H3,(H,35,38)(H,36,37). The van der Waals surface area contributed by atoms with Crippen LogP contribution >= 0.6 is 23.1 Å². The van der Waals surface area contributed by atoms with E-state index in [9.17, 15) is 14.4 Å². The Labute approximate surface area is 265 Å². The molecule has 1 unspecified atom stereocenters. The van der Waals surface area contributed by atoms with Gasteiger partial charge in [-0.3, -0.25) is 9.59 Å². The van der Waals surface area contributed by atoms with Crippen LogP contribution in [0.5, 0.6) is 11.5 Å². The van der Waals surface area contributed by atoms with E-state index in [4.69, 9.17) is 14.2 Å². The topological polar surface area (TPSA) is 103 Å². The van der Waals surface area contributed by atoms with Crippen LogP contribution in [-0.4, -0.2) is 44.4 Å². The molecule has 2 N–H and O–H groups in total. The Morgan fingerprint density at radius 1 is 0.909 bits per heavy atom. The summed E-state index contributed by atoms with van der Waals surface area (Å²) in [6.45, 7) is 2.04. The second-order valence-electron chi connectivity index (χ2n) is 10.1. The molecule has 1 aliphatic rings. The van der Waals surface area contributed by atoms with E-state index in [2.05, 4.69) is 22.8 Å². The molecule has 0 saturated carbocycles. The third kappa shape index (κ3) is 7.09. The van der Waals surface area contributed by atoms with Gasteiger partial charge in [0, 0.05) is 15.5 Å². The van der Waals surface area contributed by atoms with Crippen molar-refractivity contribution in [2.24, 2.45) is 0 Å². The average molecular weight is 631 g/mol. The van der Waals surface area contributed by atoms with Gasteiger partial charge in [-0.05, 0) is 73.6 Å². The first kappa shape index (κ1) is 31.2. The molecule has 0 fully saturated rings. The number of fused-ring (bicyclic) bond motifs is 1. The summed E-state index contributed by atoms with van der Waals surface area (Å²) in [5.41, 5.74) is 3.61. The number of carbonyl (C=O) groups is 3. The minimum Gasteiger partial charge on any atom is -0.496 e. The Morgan fingerprint density at radius 3 is 2.34 bits per heavy atom. The van der Waals surface area contributed by atoms with Crippen LogP contribution in [-0.2, 0) is 22.4 Å². The summed E-state index contributed by atoms with van der Waals surface area (Å²) in [5.74, 6) is 0.285. The lowest BCUT2D eigenvalue weighted by atomic mass is 9.83. The van der Waals surface area contributed by atoms with Crippen LogP contribution in [0.2, 0.25) is 0 Å². The Balaban J connectivity index is 1.26. The van der Waals surface area contributed by atoms with Gasteiger partial charge in [0.25, 0.3) is 5.91 Å². The van der Waals surface area contributed by atoms with Crippen molar-refractivity contribution >= 4 is 51.6 Å². The molecular formula is C34H34N2O6S2. The molecule has 0 spiro atoms. The predicted octanol–water partition coefficient (Wildman–Crippen LogP) is 7.20. The normalized spacial score (nSPS) is 13.8. The number of esters is 1. The molecule has 10 heteroatoms. The van der Waals surface area contributed by atoms with Gasteiger partial charge in [-0.2, -0.15) is 0 Å². The quantitative estimate of drug-likeness (QED) is 0.134. The van der Waals surface area contributed by atoms with Crippen molar-refractivity contribution in [3.8, 4) is 11.5 Å². The number of nitrogens with one attached hydrogen (secondary N) is 2. The predicted molar refractivity (Wildman–Crippen MR) is 175 cm³/mol. The number of carbonyl (C=O) groups excluding carboxylic acids is 3. The van der Waals surface area contributed by atoms with E-state index >= 15 is 0 Å². The maximum Gasteiger partial charge on any atom is 0.341 e. The molecule has 1 atom stereocenters. The van der Waals surface area contributed by atoms with E-state index in [1.54, 1.807) is 37.3 Å². The summed E-state index contributed by atoms with van der Waals surface area (Å²) in [6.07, 6.45) is 2.50. The largest absolute Gasteiger partial charge is 0.496 e. The van der Waals surface area contributed by atoms with Crippen molar-refractivity contribution in [3.05, 3.63) is 99.9 Å². The second kappa shape index (κ2) is 14.5. The van der Waals surface area contributed by atoms with E-state index in [0.29, 0.717) is 39.2 Å². The van der Waals surface area contributed by atoms with Crippen molar-refractivity contribution in [1.82, 2.24) is 0 Å². The molecule has 0 radical (unpaired) electrons. The van der Waals surface area contributed by atoms with Crippen LogP contribution in [0.15, 0.2) is 77.7 Å². The number of thioether (sulfide) groups is 1. The molecule has 2 amide bonds. The van der Waals surface area contributed by atoms with E-state index < -0.39 is 5.97 Å². The number of hydrogen-bond donors (Lipinski definition) is 2. The third-order valence-electron chi connectivity index (χ3n) is 7.39. The number of ether oxygens (including phenoxy) is 3. The molecule has 0 aliphatic heterocycles. The molecule has 8 nitrogen and oxygen atoms in total. The van der Waals surface area contributed by atoms with Crippen LogP contribution in [0.25, 0.3) is 0 Å². The Hall–Kier alpha value is -4.28. The first-order valence-electron chi connectivity index (χ1n) is 14.3. The molecule has 4 aromatic rings. The third-order valence-corrected chi connectivity index (χ3v) is 9.55. The van der Waals surface area contributed by atoms with Gasteiger partial charge >= 0.3 is 5.97 Å². The van der Waals surface area contributed by atoms with Gasteiger partial charge in [0.05, 0.1) is 32.1 Å². The van der Waals surface area contributed by atoms with Crippen LogP contribution in [0.3, 0.4) is 0 Å². The molecule has 1 aromatic heterocycles. The number of anilines is 2. The van der Waals surface area contributed by atoms with Gasteiger partial charge in [0.1, 0.15) is 22.1 Å². The number of amides is 2. The number of rotatable bonds is 11. The highest BCUT2D eigenvalue weighted by Crippen LogP contribution is 2.43. The minimum absolute atomic E-state index is 0.120. The minimum atomic E-state index is -0.402. The molecular weight excluding hydrogens is 597 g/mol. The van der Waals surface area contributed by atoms with E-state index in [1.165, 1.54) is 42.9 Å². The maximum atomic E-state index is 13.1. The van der Waals surface area contributed by atoms with Gasteiger partial charge in [-0.25, -0.2) is 4.79 Å². The zero-order valence-corrected chi connectivity index (χ0v) is 26.4. The summed E-state index contributed by atoms with van der Waals surface area (Å²) < 4.78 is 16.1. The summed E-state index contributed by atoms with van der Waals surface area (Å²) in [6, 6.07) is 22.8. The fraction of sp³-hybridized carbons (Fsp3) is 0.265. The van der Waals surface area contributed by atoms with Gasteiger partial charge in [-0.15, -0.1) is 23.1 Å². The summed E-state index contributed by atoms with van der Waals surface area (Å²) >= 11 is 2.80. The maximum absolute atomic E-state index is 13.1. The number of thiophene rings is 1. The first-order chi connectivity index (χ1) is 21.4. The van der Waals surface area contributed by atoms with E-state index in [0.717, 1.165) is 34.6 Å². The van der Waals surface area contributed by atoms with Crippen molar-refractivity contribution in [3.63, 3.8) is 0 Å². The summed E-state index contributed by atoms with van der Waals surface area (Å²) in [7, 11) is 2.99. The summed E-state index contributed by atoms with van der Waals surface area (Å²) in [5, 5.41) is 6.42. The highest BCUT2D eigenvalue weighted by atomic mass is 32.2. The molecule has 5 rings (SSSR count). The Bertz CT molecular complexity index is 1630. The number of hydrogen-bond acceptors (Lipinski definition) is 8. The first-order valence-corrected chi connectivity index (χ1v) is 16.1. The zero-order chi connectivity index (χ0) is 31.1. The van der Waals surface area contributed by atoms with E-state index in [1.807, 2.05) is 30.3 Å². The van der Waals surface area contributed by atoms with Crippen LogP contribution in [0, 0.1) is 0 Å². The average Bonchev–Trinajstić information content (AvgIpc) is 3.41. The van der Waals surface area contributed by atoms with Crippen LogP contribution in [0.1, 0.15) is 56.0 Å². The molecule has 44 heavy (non-hydrogen) atoms. The fourth-order valence-corrected chi connectivity index (χ4v) is 7.43. The lowest BCUT2D eigenvalue weighted by Crippen LogP contribution is -2.18. The SMILES string of the molecule is CCOC(=O)c1c(NC(=O)CSc2cccc(NC(=O)c3c(OC)cccc3OC)c2)sc2c1CCC(c1ccccc1)C2. The Kier molecular flexibility index (Phi) is 10.2. The highest BCUT2D eigenvalue weighted by Gasteiger charge is 2.31. The molecule has 0 saturated heterocycles. The monoisotopic (exact) mass is 630 g/mol. The van der Waals surface area contributed by atoms with Gasteiger partial charge < -0.3 is 24.8 Å². The van der Waals surface area contributed by atoms with Crippen LogP contribution < -0.4 is 20.1 Å². The van der Waals surface area contributed by atoms with Crippen molar-refractivity contribution < 1.29 is 28.6 Å². The summed E-state index contributed by atoms with van der Waals surface area (Å²) in [4.78, 5) is 41.1. The van der Waals surface area contributed by atoms with Crippen molar-refractivity contribution in [2.45, 2.75) is 37.0 Å². The van der Waals surface area contributed by atoms with E-state index in [-0.39, 0.29) is 24.2 Å². The molecule has 1 aliphatic carbocycles. The molecule has 3 aromatic carbocycles. The highest BCUT2D eigenvalue weighted by molar-refractivity contribution is 8.00. The van der Waals surface area contributed by atoms with Crippen LogP contribution in [0.4, 0.5) is 10.7 Å². The van der Waals surface area contributed by atoms with Gasteiger partial charge in [0.15, 0.2) is 0 Å². The molecule has 1 heterocycles. The Morgan fingerprint density at radius 2 is 1.64 bits per heavy atom. The second-order valence-corrected chi connectivity index (χ2v) is 12.3. The smallest absolute Gasteiger partial charge is 0.341 e. The molecule has 0 bridgehead atoms. The van der Waals surface area contributed by atoms with Gasteiger partial charge in [0.2, 0.25) is 5.91 Å². The van der Waals surface area contributed by atoms with Crippen molar-refractivity contribution in [1.29, 1.82) is 0 Å². The molecule has 228 valence electrons. The number of methoxy groups -OCH3 is 2. The zero-order valence-electron chi connectivity index (χ0n) is 24.8.